The van der Waals surface area contributed by atoms with Crippen molar-refractivity contribution in [3.05, 3.63) is 35.4 Å². The normalized spacial score (nSPS) is 15.4. The summed E-state index contributed by atoms with van der Waals surface area (Å²) in [5, 5.41) is 3.61. The van der Waals surface area contributed by atoms with E-state index in [1.807, 2.05) is 0 Å². The highest BCUT2D eigenvalue weighted by Crippen LogP contribution is 2.20. The molecule has 1 aliphatic carbocycles. The van der Waals surface area contributed by atoms with Crippen LogP contribution in [0.4, 0.5) is 0 Å². The summed E-state index contributed by atoms with van der Waals surface area (Å²) in [6, 6.07) is 9.59. The van der Waals surface area contributed by atoms with Gasteiger partial charge in [-0.2, -0.15) is 0 Å². The van der Waals surface area contributed by atoms with E-state index in [0.29, 0.717) is 0 Å². The van der Waals surface area contributed by atoms with E-state index in [9.17, 15) is 0 Å². The van der Waals surface area contributed by atoms with Crippen LogP contribution in [0.25, 0.3) is 0 Å². The zero-order chi connectivity index (χ0) is 13.7. The summed E-state index contributed by atoms with van der Waals surface area (Å²) in [6.45, 7) is 4.27. The van der Waals surface area contributed by atoms with Crippen LogP contribution in [-0.2, 0) is 13.1 Å². The predicted molar refractivity (Wildman–Crippen MR) is 81.2 cm³/mol. The number of nitrogens with zero attached hydrogens (tertiary/aromatic N) is 2. The lowest BCUT2D eigenvalue weighted by atomic mass is 10.1. The molecule has 1 aromatic carbocycles. The van der Waals surface area contributed by atoms with Gasteiger partial charge < -0.3 is 15.1 Å². The molecule has 0 radical (unpaired) electrons. The van der Waals surface area contributed by atoms with Gasteiger partial charge in [0.1, 0.15) is 0 Å². The van der Waals surface area contributed by atoms with Crippen LogP contribution in [-0.4, -0.2) is 50.1 Å². The van der Waals surface area contributed by atoms with Crippen LogP contribution < -0.4 is 5.32 Å². The highest BCUT2D eigenvalue weighted by atomic mass is 15.1. The Morgan fingerprint density at radius 1 is 1.05 bits per heavy atom. The Hall–Kier alpha value is -0.900. The number of likely N-dealkylation sites (N-methyl/N-ethyl adjacent to an activating group) is 2. The minimum absolute atomic E-state index is 0.777. The fraction of sp³-hybridized carbons (Fsp3) is 0.625. The summed E-state index contributed by atoms with van der Waals surface area (Å²) in [6.07, 6.45) is 2.70. The van der Waals surface area contributed by atoms with Crippen LogP contribution in [0.1, 0.15) is 24.0 Å². The maximum absolute atomic E-state index is 3.61. The van der Waals surface area contributed by atoms with Crippen molar-refractivity contribution in [1.82, 2.24) is 15.1 Å². The molecule has 3 nitrogen and oxygen atoms in total. The van der Waals surface area contributed by atoms with Crippen LogP contribution in [0.15, 0.2) is 24.3 Å². The number of benzene rings is 1. The van der Waals surface area contributed by atoms with Crippen LogP contribution in [0.5, 0.6) is 0 Å². The first-order chi connectivity index (χ1) is 9.15. The molecule has 1 fully saturated rings. The summed E-state index contributed by atoms with van der Waals surface area (Å²) < 4.78 is 0. The smallest absolute Gasteiger partial charge is 0.0234 e. The second kappa shape index (κ2) is 7.04. The number of nitrogens with one attached hydrogen (secondary N) is 1. The van der Waals surface area contributed by atoms with Crippen molar-refractivity contribution >= 4 is 0 Å². The highest BCUT2D eigenvalue weighted by Gasteiger charge is 2.20. The summed E-state index contributed by atoms with van der Waals surface area (Å²) >= 11 is 0. The van der Waals surface area contributed by atoms with Gasteiger partial charge in [-0.05, 0) is 45.1 Å². The maximum atomic E-state index is 3.61. The Balaban J connectivity index is 1.86. The van der Waals surface area contributed by atoms with Crippen molar-refractivity contribution in [2.45, 2.75) is 32.0 Å². The van der Waals surface area contributed by atoms with Gasteiger partial charge in [-0.15, -0.1) is 0 Å². The van der Waals surface area contributed by atoms with E-state index < -0.39 is 0 Å². The Kier molecular flexibility index (Phi) is 5.37. The third kappa shape index (κ3) is 5.31. The molecule has 0 aromatic heterocycles. The summed E-state index contributed by atoms with van der Waals surface area (Å²) in [4.78, 5) is 4.63. The molecule has 1 aliphatic rings. The Labute approximate surface area is 117 Å². The predicted octanol–water partition coefficient (Wildman–Crippen LogP) is 1.93. The minimum atomic E-state index is 0.777. The largest absolute Gasteiger partial charge is 0.310 e. The Morgan fingerprint density at radius 3 is 2.37 bits per heavy atom. The molecule has 0 spiro atoms. The van der Waals surface area contributed by atoms with Gasteiger partial charge in [0.15, 0.2) is 0 Å². The zero-order valence-corrected chi connectivity index (χ0v) is 12.5. The van der Waals surface area contributed by atoms with E-state index in [-0.39, 0.29) is 0 Å². The molecule has 1 N–H and O–H groups in total. The average molecular weight is 261 g/mol. The third-order valence-electron chi connectivity index (χ3n) is 3.65. The van der Waals surface area contributed by atoms with E-state index in [1.54, 1.807) is 0 Å². The van der Waals surface area contributed by atoms with Crippen molar-refractivity contribution in [3.63, 3.8) is 0 Å². The summed E-state index contributed by atoms with van der Waals surface area (Å²) in [5.41, 5.74) is 2.91. The topological polar surface area (TPSA) is 18.5 Å². The fourth-order valence-corrected chi connectivity index (χ4v) is 2.17. The highest BCUT2D eigenvalue weighted by molar-refractivity contribution is 5.27. The van der Waals surface area contributed by atoms with Gasteiger partial charge in [0, 0.05) is 32.2 Å². The quantitative estimate of drug-likeness (QED) is 0.771. The molecule has 0 saturated heterocycles. The first-order valence-corrected chi connectivity index (χ1v) is 7.28. The molecule has 2 rings (SSSR count). The van der Waals surface area contributed by atoms with E-state index in [1.165, 1.54) is 24.0 Å². The molecular formula is C16H27N3. The monoisotopic (exact) mass is 261 g/mol. The fourth-order valence-electron chi connectivity index (χ4n) is 2.17. The van der Waals surface area contributed by atoms with Crippen molar-refractivity contribution in [2.75, 3.05) is 34.2 Å². The standard InChI is InChI=1S/C16H27N3/c1-18(2)10-11-19(3)13-15-7-5-4-6-14(15)12-17-16-8-9-16/h4-7,16-17H,8-13H2,1-3H3. The molecule has 0 atom stereocenters. The van der Waals surface area contributed by atoms with Crippen molar-refractivity contribution in [1.29, 1.82) is 0 Å². The van der Waals surface area contributed by atoms with E-state index in [2.05, 4.69) is 60.5 Å². The second-order valence-corrected chi connectivity index (χ2v) is 5.96. The first kappa shape index (κ1) is 14.5. The lowest BCUT2D eigenvalue weighted by Crippen LogP contribution is -2.29. The van der Waals surface area contributed by atoms with Gasteiger partial charge in [-0.1, -0.05) is 24.3 Å². The van der Waals surface area contributed by atoms with Crippen LogP contribution >= 0.6 is 0 Å². The Bertz CT molecular complexity index is 385. The number of hydrogen-bond donors (Lipinski definition) is 1. The molecule has 0 unspecified atom stereocenters. The second-order valence-electron chi connectivity index (χ2n) is 5.96. The zero-order valence-electron chi connectivity index (χ0n) is 12.5. The molecule has 1 aromatic rings. The van der Waals surface area contributed by atoms with Crippen molar-refractivity contribution in [2.24, 2.45) is 0 Å². The van der Waals surface area contributed by atoms with Gasteiger partial charge in [0.2, 0.25) is 0 Å². The van der Waals surface area contributed by atoms with Gasteiger partial charge >= 0.3 is 0 Å². The molecule has 1 saturated carbocycles. The molecular weight excluding hydrogens is 234 g/mol. The van der Waals surface area contributed by atoms with Crippen LogP contribution in [0.2, 0.25) is 0 Å². The van der Waals surface area contributed by atoms with Crippen molar-refractivity contribution < 1.29 is 0 Å². The molecule has 0 heterocycles. The van der Waals surface area contributed by atoms with Gasteiger partial charge in [0.05, 0.1) is 0 Å². The lowest BCUT2D eigenvalue weighted by Gasteiger charge is -2.21. The number of rotatable bonds is 8. The SMILES string of the molecule is CN(C)CCN(C)Cc1ccccc1CNC1CC1. The van der Waals surface area contributed by atoms with E-state index in [0.717, 1.165) is 32.2 Å². The van der Waals surface area contributed by atoms with Crippen LogP contribution in [0, 0.1) is 0 Å². The van der Waals surface area contributed by atoms with E-state index in [4.69, 9.17) is 0 Å². The minimum Gasteiger partial charge on any atom is -0.310 e. The lowest BCUT2D eigenvalue weighted by molar-refractivity contribution is 0.275. The molecule has 0 amide bonds. The Morgan fingerprint density at radius 2 is 1.74 bits per heavy atom. The number of hydrogen-bond acceptors (Lipinski definition) is 3. The van der Waals surface area contributed by atoms with Gasteiger partial charge in [0.25, 0.3) is 0 Å². The maximum Gasteiger partial charge on any atom is 0.0234 e. The molecule has 106 valence electrons. The third-order valence-corrected chi connectivity index (χ3v) is 3.65. The summed E-state index contributed by atoms with van der Waals surface area (Å²) in [5.74, 6) is 0. The summed E-state index contributed by atoms with van der Waals surface area (Å²) in [7, 11) is 6.46. The van der Waals surface area contributed by atoms with Gasteiger partial charge in [-0.25, -0.2) is 0 Å². The average Bonchev–Trinajstić information content (AvgIpc) is 3.19. The molecule has 19 heavy (non-hydrogen) atoms. The molecule has 0 aliphatic heterocycles. The van der Waals surface area contributed by atoms with Crippen LogP contribution in [0.3, 0.4) is 0 Å². The van der Waals surface area contributed by atoms with Gasteiger partial charge in [-0.3, -0.25) is 0 Å². The van der Waals surface area contributed by atoms with E-state index >= 15 is 0 Å². The first-order valence-electron chi connectivity index (χ1n) is 7.28. The van der Waals surface area contributed by atoms with Crippen molar-refractivity contribution in [3.8, 4) is 0 Å². The molecule has 0 bridgehead atoms. The molecule has 3 heteroatoms.